The Hall–Kier alpha value is -3.66. The number of benzene rings is 2. The maximum atomic E-state index is 11.7. The highest BCUT2D eigenvalue weighted by atomic mass is 79.9. The van der Waals surface area contributed by atoms with E-state index in [0.29, 0.717) is 28.1 Å². The Morgan fingerprint density at radius 3 is 2.53 bits per heavy atom. The molecule has 0 amide bonds. The van der Waals surface area contributed by atoms with Crippen molar-refractivity contribution in [2.75, 3.05) is 7.11 Å². The van der Waals surface area contributed by atoms with Crippen molar-refractivity contribution in [2.45, 2.75) is 6.61 Å². The van der Waals surface area contributed by atoms with Gasteiger partial charge in [-0.25, -0.2) is 4.79 Å². The summed E-state index contributed by atoms with van der Waals surface area (Å²) >= 11 is 3.44. The molecular formula is C20H16BrN3O6. The largest absolute Gasteiger partial charge is 0.493 e. The van der Waals surface area contributed by atoms with Gasteiger partial charge in [0.1, 0.15) is 12.3 Å². The molecule has 0 spiro atoms. The van der Waals surface area contributed by atoms with Crippen molar-refractivity contribution in [1.29, 1.82) is 0 Å². The molecule has 0 radical (unpaired) electrons. The highest BCUT2D eigenvalue weighted by molar-refractivity contribution is 9.10. The molecule has 0 fully saturated rings. The first-order valence-corrected chi connectivity index (χ1v) is 9.41. The van der Waals surface area contributed by atoms with Crippen molar-refractivity contribution in [2.24, 2.45) is 0 Å². The Bertz CT molecular complexity index is 1220. The lowest BCUT2D eigenvalue weighted by Crippen LogP contribution is -2.25. The molecule has 0 bridgehead atoms. The van der Waals surface area contributed by atoms with Crippen LogP contribution in [0.1, 0.15) is 16.8 Å². The number of halogens is 1. The highest BCUT2D eigenvalue weighted by Gasteiger charge is 2.19. The number of nitro groups is 1. The summed E-state index contributed by atoms with van der Waals surface area (Å²) in [6, 6.07) is 13.0. The second-order valence-electron chi connectivity index (χ2n) is 6.07. The molecule has 0 atom stereocenters. The molecular weight excluding hydrogens is 458 g/mol. The Morgan fingerprint density at radius 1 is 1.13 bits per heavy atom. The first-order chi connectivity index (χ1) is 14.4. The maximum absolute atomic E-state index is 11.7. The molecule has 154 valence electrons. The van der Waals surface area contributed by atoms with E-state index in [1.165, 1.54) is 19.3 Å². The monoisotopic (exact) mass is 473 g/mol. The fraction of sp³-hybridized carbons (Fsp3) is 0.100. The van der Waals surface area contributed by atoms with E-state index >= 15 is 0 Å². The van der Waals surface area contributed by atoms with Crippen molar-refractivity contribution in [3.05, 3.63) is 94.7 Å². The number of nitrogens with zero attached hydrogens (tertiary/aromatic N) is 1. The molecule has 9 nitrogen and oxygen atoms in total. The predicted molar refractivity (Wildman–Crippen MR) is 115 cm³/mol. The van der Waals surface area contributed by atoms with E-state index in [1.807, 2.05) is 35.3 Å². The van der Waals surface area contributed by atoms with Gasteiger partial charge in [-0.15, -0.1) is 0 Å². The average Bonchev–Trinajstić information content (AvgIpc) is 2.71. The van der Waals surface area contributed by atoms with E-state index < -0.39 is 21.9 Å². The second-order valence-corrected chi connectivity index (χ2v) is 6.92. The van der Waals surface area contributed by atoms with Crippen molar-refractivity contribution < 1.29 is 14.4 Å². The number of rotatable bonds is 7. The minimum Gasteiger partial charge on any atom is -0.493 e. The van der Waals surface area contributed by atoms with Crippen LogP contribution in [0.2, 0.25) is 0 Å². The number of aromatic amines is 2. The molecule has 0 aliphatic heterocycles. The van der Waals surface area contributed by atoms with Crippen molar-refractivity contribution in [1.82, 2.24) is 9.97 Å². The zero-order chi connectivity index (χ0) is 21.7. The van der Waals surface area contributed by atoms with Gasteiger partial charge in [-0.05, 0) is 45.3 Å². The molecule has 3 rings (SSSR count). The number of nitrogens with one attached hydrogen (secondary N) is 2. The lowest BCUT2D eigenvalue weighted by molar-refractivity contribution is -0.386. The number of methoxy groups -OCH3 is 1. The van der Waals surface area contributed by atoms with Gasteiger partial charge < -0.3 is 14.5 Å². The van der Waals surface area contributed by atoms with Crippen LogP contribution in [0.5, 0.6) is 11.5 Å². The number of H-pyrrole nitrogens is 2. The van der Waals surface area contributed by atoms with Gasteiger partial charge >= 0.3 is 16.9 Å². The zero-order valence-corrected chi connectivity index (χ0v) is 17.3. The van der Waals surface area contributed by atoms with Crippen LogP contribution in [-0.2, 0) is 6.61 Å². The summed E-state index contributed by atoms with van der Waals surface area (Å²) < 4.78 is 11.9. The number of aromatic nitrogens is 2. The maximum Gasteiger partial charge on any atom is 0.357 e. The van der Waals surface area contributed by atoms with Gasteiger partial charge in [0.2, 0.25) is 0 Å². The number of hydrogen-bond donors (Lipinski definition) is 2. The molecule has 2 N–H and O–H groups in total. The molecule has 2 aromatic carbocycles. The molecule has 30 heavy (non-hydrogen) atoms. The fourth-order valence-electron chi connectivity index (χ4n) is 2.68. The van der Waals surface area contributed by atoms with Crippen LogP contribution in [0, 0.1) is 10.1 Å². The number of hydrogen-bond acceptors (Lipinski definition) is 6. The quantitative estimate of drug-likeness (QED) is 0.399. The summed E-state index contributed by atoms with van der Waals surface area (Å²) in [5.41, 5.74) is -1.30. The smallest absolute Gasteiger partial charge is 0.357 e. The Morgan fingerprint density at radius 2 is 1.87 bits per heavy atom. The third-order valence-electron chi connectivity index (χ3n) is 4.05. The first-order valence-electron chi connectivity index (χ1n) is 8.62. The van der Waals surface area contributed by atoms with Crippen LogP contribution >= 0.6 is 15.9 Å². The highest BCUT2D eigenvalue weighted by Crippen LogP contribution is 2.37. The van der Waals surface area contributed by atoms with Crippen LogP contribution in [0.25, 0.3) is 12.2 Å². The summed E-state index contributed by atoms with van der Waals surface area (Å²) in [4.78, 5) is 37.6. The third-order valence-corrected chi connectivity index (χ3v) is 4.64. The van der Waals surface area contributed by atoms with Crippen LogP contribution in [0.4, 0.5) is 5.69 Å². The molecule has 1 heterocycles. The summed E-state index contributed by atoms with van der Waals surface area (Å²) in [5.74, 6) is 0.933. The molecule has 0 aliphatic carbocycles. The van der Waals surface area contributed by atoms with E-state index in [9.17, 15) is 19.7 Å². The lowest BCUT2D eigenvalue weighted by Gasteiger charge is -2.13. The summed E-state index contributed by atoms with van der Waals surface area (Å²) in [5, 5.41) is 11.1. The van der Waals surface area contributed by atoms with E-state index in [2.05, 4.69) is 20.9 Å². The average molecular weight is 474 g/mol. The SMILES string of the molecule is COc1cc(C=Cc2[nH]c(=O)[nH]c(=O)c2[N+](=O)[O-])cc(Br)c1OCc1ccccc1. The van der Waals surface area contributed by atoms with E-state index in [1.54, 1.807) is 12.1 Å². The van der Waals surface area contributed by atoms with Gasteiger partial charge in [0.05, 0.1) is 16.5 Å². The molecule has 10 heteroatoms. The van der Waals surface area contributed by atoms with Gasteiger partial charge in [0.15, 0.2) is 11.5 Å². The van der Waals surface area contributed by atoms with Crippen LogP contribution in [0.15, 0.2) is 56.5 Å². The van der Waals surface area contributed by atoms with Gasteiger partial charge in [0, 0.05) is 0 Å². The molecule has 0 saturated carbocycles. The van der Waals surface area contributed by atoms with Crippen molar-refractivity contribution >= 4 is 33.8 Å². The Balaban J connectivity index is 1.91. The van der Waals surface area contributed by atoms with Crippen molar-refractivity contribution in [3.63, 3.8) is 0 Å². The topological polar surface area (TPSA) is 127 Å². The lowest BCUT2D eigenvalue weighted by atomic mass is 10.1. The van der Waals surface area contributed by atoms with Gasteiger partial charge in [-0.1, -0.05) is 36.4 Å². The first kappa shape index (κ1) is 21.1. The molecule has 1 aromatic heterocycles. The second kappa shape index (κ2) is 9.23. The van der Waals surface area contributed by atoms with Crippen LogP contribution < -0.4 is 20.7 Å². The minimum absolute atomic E-state index is 0.215. The van der Waals surface area contributed by atoms with Gasteiger partial charge in [-0.3, -0.25) is 19.9 Å². The van der Waals surface area contributed by atoms with E-state index in [-0.39, 0.29) is 5.69 Å². The zero-order valence-electron chi connectivity index (χ0n) is 15.7. The standard InChI is InChI=1S/C20H16BrN3O6/c1-29-16-10-13(7-8-15-17(24(27)28)19(25)23-20(26)22-15)9-14(21)18(16)30-11-12-5-3-2-4-6-12/h2-10H,11H2,1H3,(H2,22,23,25,26). The summed E-state index contributed by atoms with van der Waals surface area (Å²) in [6.07, 6.45) is 2.78. The molecule has 3 aromatic rings. The molecule has 0 aliphatic rings. The van der Waals surface area contributed by atoms with Crippen LogP contribution in [0.3, 0.4) is 0 Å². The van der Waals surface area contributed by atoms with Crippen molar-refractivity contribution in [3.8, 4) is 11.5 Å². The van der Waals surface area contributed by atoms with Gasteiger partial charge in [-0.2, -0.15) is 0 Å². The summed E-state index contributed by atoms with van der Waals surface area (Å²) in [7, 11) is 1.49. The Kier molecular flexibility index (Phi) is 6.48. The van der Waals surface area contributed by atoms with Gasteiger partial charge in [0.25, 0.3) is 0 Å². The predicted octanol–water partition coefficient (Wildman–Crippen LogP) is 3.49. The fourth-order valence-corrected chi connectivity index (χ4v) is 3.26. The normalized spacial score (nSPS) is 10.9. The molecule has 0 unspecified atom stereocenters. The van der Waals surface area contributed by atoms with Crippen LogP contribution in [-0.4, -0.2) is 22.0 Å². The summed E-state index contributed by atoms with van der Waals surface area (Å²) in [6.45, 7) is 0.339. The molecule has 0 saturated heterocycles. The number of ether oxygens (including phenoxy) is 2. The Labute approximate surface area is 178 Å². The minimum atomic E-state index is -1.08. The van der Waals surface area contributed by atoms with E-state index in [4.69, 9.17) is 9.47 Å². The third kappa shape index (κ3) is 4.84. The van der Waals surface area contributed by atoms with E-state index in [0.717, 1.165) is 5.56 Å².